The standard InChI is InChI=1S/C17H25FN2O3/c1-2-17(22)20-9-3-8-19(10-11-20)12-15(21)13-23-16-6-4-14(18)5-7-16/h4-7,15,21H,2-3,8-13H2,1H3. The Labute approximate surface area is 136 Å². The highest BCUT2D eigenvalue weighted by atomic mass is 19.1. The molecule has 0 spiro atoms. The molecular formula is C17H25FN2O3. The van der Waals surface area contributed by atoms with Crippen LogP contribution in [0, 0.1) is 5.82 Å². The quantitative estimate of drug-likeness (QED) is 0.862. The first-order valence-electron chi connectivity index (χ1n) is 8.15. The second kappa shape index (κ2) is 8.84. The zero-order valence-electron chi connectivity index (χ0n) is 13.6. The van der Waals surface area contributed by atoms with Gasteiger partial charge >= 0.3 is 0 Å². The Kier molecular flexibility index (Phi) is 6.80. The van der Waals surface area contributed by atoms with Crippen molar-refractivity contribution < 1.29 is 19.0 Å². The number of carbonyl (C=O) groups is 1. The van der Waals surface area contributed by atoms with Gasteiger partial charge in [0.1, 0.15) is 24.3 Å². The number of hydrogen-bond acceptors (Lipinski definition) is 4. The van der Waals surface area contributed by atoms with E-state index in [2.05, 4.69) is 4.90 Å². The minimum absolute atomic E-state index is 0.166. The van der Waals surface area contributed by atoms with Crippen LogP contribution in [0.15, 0.2) is 24.3 Å². The lowest BCUT2D eigenvalue weighted by Gasteiger charge is -2.24. The summed E-state index contributed by atoms with van der Waals surface area (Å²) < 4.78 is 18.3. The van der Waals surface area contributed by atoms with E-state index in [0.29, 0.717) is 25.3 Å². The fourth-order valence-electron chi connectivity index (χ4n) is 2.70. The molecule has 0 bridgehead atoms. The molecule has 1 heterocycles. The Bertz CT molecular complexity index is 495. The van der Waals surface area contributed by atoms with E-state index in [1.807, 2.05) is 11.8 Å². The first-order chi connectivity index (χ1) is 11.1. The van der Waals surface area contributed by atoms with Crippen molar-refractivity contribution in [3.05, 3.63) is 30.1 Å². The van der Waals surface area contributed by atoms with E-state index < -0.39 is 6.10 Å². The molecule has 0 saturated carbocycles. The molecule has 23 heavy (non-hydrogen) atoms. The van der Waals surface area contributed by atoms with Crippen LogP contribution >= 0.6 is 0 Å². The Balaban J connectivity index is 1.73. The van der Waals surface area contributed by atoms with Gasteiger partial charge in [0.25, 0.3) is 0 Å². The van der Waals surface area contributed by atoms with Gasteiger partial charge in [-0.25, -0.2) is 4.39 Å². The Morgan fingerprint density at radius 3 is 2.70 bits per heavy atom. The van der Waals surface area contributed by atoms with Crippen LogP contribution < -0.4 is 4.74 Å². The van der Waals surface area contributed by atoms with E-state index in [0.717, 1.165) is 26.1 Å². The minimum Gasteiger partial charge on any atom is -0.491 e. The van der Waals surface area contributed by atoms with Crippen LogP contribution in [0.1, 0.15) is 19.8 Å². The molecule has 0 aromatic heterocycles. The molecule has 1 aliphatic heterocycles. The molecule has 1 aliphatic rings. The van der Waals surface area contributed by atoms with E-state index in [1.54, 1.807) is 12.1 Å². The molecule has 6 heteroatoms. The molecule has 0 radical (unpaired) electrons. The van der Waals surface area contributed by atoms with Crippen LogP contribution in [0.2, 0.25) is 0 Å². The van der Waals surface area contributed by atoms with E-state index in [4.69, 9.17) is 4.74 Å². The third-order valence-electron chi connectivity index (χ3n) is 3.97. The molecular weight excluding hydrogens is 299 g/mol. The molecule has 1 atom stereocenters. The molecule has 1 aromatic carbocycles. The predicted molar refractivity (Wildman–Crippen MR) is 85.8 cm³/mol. The van der Waals surface area contributed by atoms with Crippen molar-refractivity contribution in [1.82, 2.24) is 9.80 Å². The topological polar surface area (TPSA) is 53.0 Å². The highest BCUT2D eigenvalue weighted by Gasteiger charge is 2.19. The normalized spacial score (nSPS) is 17.6. The summed E-state index contributed by atoms with van der Waals surface area (Å²) in [6, 6.07) is 5.75. The fourth-order valence-corrected chi connectivity index (χ4v) is 2.70. The summed E-state index contributed by atoms with van der Waals surface area (Å²) in [5.74, 6) is 0.418. The zero-order chi connectivity index (χ0) is 16.7. The van der Waals surface area contributed by atoms with Crippen LogP contribution in [-0.2, 0) is 4.79 Å². The number of ether oxygens (including phenoxy) is 1. The van der Waals surface area contributed by atoms with Crippen molar-refractivity contribution in [2.24, 2.45) is 0 Å². The lowest BCUT2D eigenvalue weighted by Crippen LogP contribution is -2.39. The molecule has 1 N–H and O–H groups in total. The first kappa shape index (κ1) is 17.7. The monoisotopic (exact) mass is 324 g/mol. The fraction of sp³-hybridized carbons (Fsp3) is 0.588. The molecule has 1 aromatic rings. The van der Waals surface area contributed by atoms with Gasteiger partial charge < -0.3 is 14.7 Å². The van der Waals surface area contributed by atoms with Gasteiger partial charge in [0.15, 0.2) is 0 Å². The van der Waals surface area contributed by atoms with Gasteiger partial charge in [-0.1, -0.05) is 6.92 Å². The molecule has 5 nitrogen and oxygen atoms in total. The van der Waals surface area contributed by atoms with Gasteiger partial charge in [-0.05, 0) is 37.2 Å². The molecule has 1 unspecified atom stereocenters. The number of benzene rings is 1. The van der Waals surface area contributed by atoms with Crippen LogP contribution in [-0.4, -0.2) is 66.2 Å². The van der Waals surface area contributed by atoms with Crippen molar-refractivity contribution in [3.63, 3.8) is 0 Å². The Hall–Kier alpha value is -1.66. The number of aliphatic hydroxyl groups excluding tert-OH is 1. The van der Waals surface area contributed by atoms with Crippen LogP contribution in [0.25, 0.3) is 0 Å². The molecule has 0 aliphatic carbocycles. The SMILES string of the molecule is CCC(=O)N1CCCN(CC(O)COc2ccc(F)cc2)CC1. The van der Waals surface area contributed by atoms with Crippen molar-refractivity contribution in [2.45, 2.75) is 25.9 Å². The van der Waals surface area contributed by atoms with Crippen LogP contribution in [0.4, 0.5) is 4.39 Å². The first-order valence-corrected chi connectivity index (χ1v) is 8.15. The molecule has 1 amide bonds. The van der Waals surface area contributed by atoms with Crippen LogP contribution in [0.3, 0.4) is 0 Å². The van der Waals surface area contributed by atoms with E-state index in [9.17, 15) is 14.3 Å². The molecule has 1 fully saturated rings. The van der Waals surface area contributed by atoms with Gasteiger partial charge in [-0.2, -0.15) is 0 Å². The Morgan fingerprint density at radius 2 is 2.00 bits per heavy atom. The zero-order valence-corrected chi connectivity index (χ0v) is 13.6. The molecule has 1 saturated heterocycles. The molecule has 2 rings (SSSR count). The summed E-state index contributed by atoms with van der Waals surface area (Å²) in [4.78, 5) is 15.8. The number of aliphatic hydroxyl groups is 1. The largest absolute Gasteiger partial charge is 0.491 e. The van der Waals surface area contributed by atoms with Crippen molar-refractivity contribution in [2.75, 3.05) is 39.3 Å². The number of carbonyl (C=O) groups excluding carboxylic acids is 1. The predicted octanol–water partition coefficient (Wildman–Crippen LogP) is 1.51. The maximum absolute atomic E-state index is 12.8. The third kappa shape index (κ3) is 5.80. The second-order valence-corrected chi connectivity index (χ2v) is 5.81. The minimum atomic E-state index is -0.617. The van der Waals surface area contributed by atoms with Gasteiger partial charge in [-0.15, -0.1) is 0 Å². The van der Waals surface area contributed by atoms with Gasteiger partial charge in [0.05, 0.1) is 0 Å². The lowest BCUT2D eigenvalue weighted by atomic mass is 10.3. The summed E-state index contributed by atoms with van der Waals surface area (Å²) in [5, 5.41) is 10.1. The van der Waals surface area contributed by atoms with Crippen LogP contribution in [0.5, 0.6) is 5.75 Å². The summed E-state index contributed by atoms with van der Waals surface area (Å²) >= 11 is 0. The summed E-state index contributed by atoms with van der Waals surface area (Å²) in [6.07, 6.45) is 0.833. The highest BCUT2D eigenvalue weighted by molar-refractivity contribution is 5.75. The number of nitrogens with zero attached hydrogens (tertiary/aromatic N) is 2. The average molecular weight is 324 g/mol. The maximum Gasteiger partial charge on any atom is 0.222 e. The van der Waals surface area contributed by atoms with E-state index >= 15 is 0 Å². The number of hydrogen-bond donors (Lipinski definition) is 1. The molecule has 128 valence electrons. The van der Waals surface area contributed by atoms with Gasteiger partial charge in [0.2, 0.25) is 5.91 Å². The Morgan fingerprint density at radius 1 is 1.26 bits per heavy atom. The van der Waals surface area contributed by atoms with Gasteiger partial charge in [-0.3, -0.25) is 9.69 Å². The number of amides is 1. The van der Waals surface area contributed by atoms with Crippen molar-refractivity contribution in [3.8, 4) is 5.75 Å². The number of β-amino-alcohol motifs (C(OH)–C–C–N with tert-alkyl or cyclic N) is 1. The summed E-state index contributed by atoms with van der Waals surface area (Å²) in [7, 11) is 0. The third-order valence-corrected chi connectivity index (χ3v) is 3.97. The number of halogens is 1. The summed E-state index contributed by atoms with van der Waals surface area (Å²) in [5.41, 5.74) is 0. The maximum atomic E-state index is 12.8. The lowest BCUT2D eigenvalue weighted by molar-refractivity contribution is -0.130. The van der Waals surface area contributed by atoms with Crippen molar-refractivity contribution in [1.29, 1.82) is 0 Å². The van der Waals surface area contributed by atoms with E-state index in [1.165, 1.54) is 12.1 Å². The van der Waals surface area contributed by atoms with Gasteiger partial charge in [0, 0.05) is 32.6 Å². The smallest absolute Gasteiger partial charge is 0.222 e. The summed E-state index contributed by atoms with van der Waals surface area (Å²) in [6.45, 7) is 5.67. The number of rotatable bonds is 6. The second-order valence-electron chi connectivity index (χ2n) is 5.81. The highest BCUT2D eigenvalue weighted by Crippen LogP contribution is 2.12. The van der Waals surface area contributed by atoms with E-state index in [-0.39, 0.29) is 18.3 Å². The van der Waals surface area contributed by atoms with Crippen molar-refractivity contribution >= 4 is 5.91 Å². The average Bonchev–Trinajstić information content (AvgIpc) is 2.79.